The first-order valence-electron chi connectivity index (χ1n) is 9.74. The molecule has 0 spiro atoms. The van der Waals surface area contributed by atoms with E-state index in [0.717, 1.165) is 0 Å². The Morgan fingerprint density at radius 2 is 1.66 bits per heavy atom. The topological polar surface area (TPSA) is 122 Å². The van der Waals surface area contributed by atoms with E-state index in [2.05, 4.69) is 26.1 Å². The van der Waals surface area contributed by atoms with Gasteiger partial charge in [0, 0.05) is 18.1 Å². The van der Waals surface area contributed by atoms with E-state index in [9.17, 15) is 14.4 Å². The number of rotatable bonds is 7. The smallest absolute Gasteiger partial charge is 0.329 e. The van der Waals surface area contributed by atoms with Crippen LogP contribution >= 0.6 is 0 Å². The van der Waals surface area contributed by atoms with Crippen molar-refractivity contribution in [2.75, 3.05) is 17.2 Å². The summed E-state index contributed by atoms with van der Waals surface area (Å²) in [6.45, 7) is 2.43. The van der Waals surface area contributed by atoms with Crippen molar-refractivity contribution in [1.82, 2.24) is 10.4 Å². The van der Waals surface area contributed by atoms with E-state index in [1.54, 1.807) is 67.0 Å². The molecule has 0 aliphatic carbocycles. The van der Waals surface area contributed by atoms with Crippen molar-refractivity contribution in [3.8, 4) is 5.75 Å². The molecule has 9 nitrogen and oxygen atoms in total. The van der Waals surface area contributed by atoms with E-state index in [4.69, 9.17) is 4.74 Å². The monoisotopic (exact) mass is 431 g/mol. The van der Waals surface area contributed by atoms with Crippen LogP contribution in [0.2, 0.25) is 0 Å². The SMILES string of the molecule is CCOc1ccc(NC(=O)c2ccccc2NC(=O)C(=O)NN=Cc2ccncc2)cc1. The van der Waals surface area contributed by atoms with Crippen molar-refractivity contribution in [2.24, 2.45) is 5.10 Å². The Bertz CT molecular complexity index is 1110. The van der Waals surface area contributed by atoms with E-state index in [-0.39, 0.29) is 11.3 Å². The number of aromatic nitrogens is 1. The highest BCUT2D eigenvalue weighted by molar-refractivity contribution is 6.40. The Morgan fingerprint density at radius 1 is 0.938 bits per heavy atom. The van der Waals surface area contributed by atoms with Crippen LogP contribution in [0.4, 0.5) is 11.4 Å². The molecule has 3 N–H and O–H groups in total. The number of nitrogens with zero attached hydrogens (tertiary/aromatic N) is 2. The van der Waals surface area contributed by atoms with Gasteiger partial charge in [0.25, 0.3) is 5.91 Å². The summed E-state index contributed by atoms with van der Waals surface area (Å²) in [5.74, 6) is -1.69. The molecule has 0 radical (unpaired) electrons. The number of amides is 3. The van der Waals surface area contributed by atoms with Gasteiger partial charge in [0.1, 0.15) is 5.75 Å². The summed E-state index contributed by atoms with van der Waals surface area (Å²) in [6, 6.07) is 16.6. The molecule has 1 heterocycles. The van der Waals surface area contributed by atoms with Crippen LogP contribution in [0.3, 0.4) is 0 Å². The van der Waals surface area contributed by atoms with E-state index >= 15 is 0 Å². The number of carbonyl (C=O) groups is 3. The van der Waals surface area contributed by atoms with Crippen LogP contribution in [0, 0.1) is 0 Å². The van der Waals surface area contributed by atoms with E-state index in [1.807, 2.05) is 6.92 Å². The van der Waals surface area contributed by atoms with Crippen LogP contribution < -0.4 is 20.8 Å². The lowest BCUT2D eigenvalue weighted by atomic mass is 10.1. The highest BCUT2D eigenvalue weighted by atomic mass is 16.5. The average molecular weight is 431 g/mol. The second-order valence-corrected chi connectivity index (χ2v) is 6.39. The zero-order valence-electron chi connectivity index (χ0n) is 17.2. The maximum absolute atomic E-state index is 12.7. The molecule has 0 saturated carbocycles. The van der Waals surface area contributed by atoms with E-state index in [1.165, 1.54) is 12.3 Å². The minimum Gasteiger partial charge on any atom is -0.494 e. The number of hydrogen-bond donors (Lipinski definition) is 3. The second kappa shape index (κ2) is 11.0. The fourth-order valence-electron chi connectivity index (χ4n) is 2.63. The predicted octanol–water partition coefficient (Wildman–Crippen LogP) is 2.82. The molecule has 0 atom stereocenters. The molecule has 3 rings (SSSR count). The molecule has 0 bridgehead atoms. The Hall–Kier alpha value is -4.53. The van der Waals surface area contributed by atoms with Crippen LogP contribution in [-0.4, -0.2) is 35.5 Å². The molecule has 3 amide bonds. The third-order valence-electron chi connectivity index (χ3n) is 4.14. The molecule has 32 heavy (non-hydrogen) atoms. The number of ether oxygens (including phenoxy) is 1. The van der Waals surface area contributed by atoms with Gasteiger partial charge < -0.3 is 15.4 Å². The molecule has 162 valence electrons. The van der Waals surface area contributed by atoms with Crippen molar-refractivity contribution in [3.05, 3.63) is 84.2 Å². The van der Waals surface area contributed by atoms with Crippen LogP contribution in [0.5, 0.6) is 5.75 Å². The molecular formula is C23H21N5O4. The van der Waals surface area contributed by atoms with Gasteiger partial charge in [-0.25, -0.2) is 5.43 Å². The normalized spacial score (nSPS) is 10.4. The molecule has 0 fully saturated rings. The first-order valence-corrected chi connectivity index (χ1v) is 9.74. The highest BCUT2D eigenvalue weighted by Crippen LogP contribution is 2.19. The summed E-state index contributed by atoms with van der Waals surface area (Å²) >= 11 is 0. The van der Waals surface area contributed by atoms with Gasteiger partial charge >= 0.3 is 11.8 Å². The van der Waals surface area contributed by atoms with Crippen LogP contribution in [0.1, 0.15) is 22.8 Å². The maximum atomic E-state index is 12.7. The Morgan fingerprint density at radius 3 is 2.38 bits per heavy atom. The van der Waals surface area contributed by atoms with Crippen LogP contribution in [-0.2, 0) is 9.59 Å². The van der Waals surface area contributed by atoms with E-state index < -0.39 is 17.7 Å². The molecular weight excluding hydrogens is 410 g/mol. The number of pyridine rings is 1. The Labute approximate surface area is 184 Å². The quantitative estimate of drug-likeness (QED) is 0.302. The second-order valence-electron chi connectivity index (χ2n) is 6.39. The van der Waals surface area contributed by atoms with Crippen LogP contribution in [0.15, 0.2) is 78.2 Å². The summed E-state index contributed by atoms with van der Waals surface area (Å²) in [6.07, 6.45) is 4.53. The average Bonchev–Trinajstić information content (AvgIpc) is 2.81. The lowest BCUT2D eigenvalue weighted by Crippen LogP contribution is -2.33. The van der Waals surface area contributed by atoms with Crippen molar-refractivity contribution < 1.29 is 19.1 Å². The summed E-state index contributed by atoms with van der Waals surface area (Å²) in [4.78, 5) is 40.8. The number of hydrogen-bond acceptors (Lipinski definition) is 6. The molecule has 0 saturated heterocycles. The largest absolute Gasteiger partial charge is 0.494 e. The molecule has 0 unspecified atom stereocenters. The zero-order valence-corrected chi connectivity index (χ0v) is 17.2. The number of para-hydroxylation sites is 1. The number of benzene rings is 2. The van der Waals surface area contributed by atoms with Gasteiger partial charge in [0.15, 0.2) is 0 Å². The minimum atomic E-state index is -0.975. The van der Waals surface area contributed by atoms with Gasteiger partial charge in [0.05, 0.1) is 24.1 Å². The van der Waals surface area contributed by atoms with E-state index in [0.29, 0.717) is 23.6 Å². The third-order valence-corrected chi connectivity index (χ3v) is 4.14. The summed E-state index contributed by atoms with van der Waals surface area (Å²) in [5.41, 5.74) is 3.79. The number of carbonyl (C=O) groups excluding carboxylic acids is 3. The first-order chi connectivity index (χ1) is 15.6. The van der Waals surface area contributed by atoms with Gasteiger partial charge in [0.2, 0.25) is 0 Å². The number of nitrogens with one attached hydrogen (secondary N) is 3. The first kappa shape index (κ1) is 22.2. The summed E-state index contributed by atoms with van der Waals surface area (Å²) in [7, 11) is 0. The summed E-state index contributed by atoms with van der Waals surface area (Å²) in [5, 5.41) is 8.92. The molecule has 0 aliphatic heterocycles. The lowest BCUT2D eigenvalue weighted by Gasteiger charge is -2.11. The third kappa shape index (κ3) is 6.23. The van der Waals surface area contributed by atoms with Gasteiger partial charge in [-0.15, -0.1) is 0 Å². The highest BCUT2D eigenvalue weighted by Gasteiger charge is 2.17. The predicted molar refractivity (Wildman–Crippen MR) is 121 cm³/mol. The lowest BCUT2D eigenvalue weighted by molar-refractivity contribution is -0.136. The van der Waals surface area contributed by atoms with Gasteiger partial charge in [-0.1, -0.05) is 12.1 Å². The zero-order chi connectivity index (χ0) is 22.8. The van der Waals surface area contributed by atoms with Gasteiger partial charge in [-0.05, 0) is 61.0 Å². The maximum Gasteiger partial charge on any atom is 0.329 e. The number of hydrazone groups is 1. The molecule has 1 aromatic heterocycles. The molecule has 9 heteroatoms. The van der Waals surface area contributed by atoms with Crippen LogP contribution in [0.25, 0.3) is 0 Å². The molecule has 2 aromatic carbocycles. The minimum absolute atomic E-state index is 0.189. The van der Waals surface area contributed by atoms with Gasteiger partial charge in [-0.2, -0.15) is 5.10 Å². The Balaban J connectivity index is 1.62. The Kier molecular flexibility index (Phi) is 7.63. The molecule has 3 aromatic rings. The molecule has 0 aliphatic rings. The van der Waals surface area contributed by atoms with Crippen molar-refractivity contribution >= 4 is 35.3 Å². The van der Waals surface area contributed by atoms with Crippen molar-refractivity contribution in [3.63, 3.8) is 0 Å². The fraction of sp³-hybridized carbons (Fsp3) is 0.0870. The van der Waals surface area contributed by atoms with Crippen molar-refractivity contribution in [2.45, 2.75) is 6.92 Å². The van der Waals surface area contributed by atoms with Crippen molar-refractivity contribution in [1.29, 1.82) is 0 Å². The standard InChI is InChI=1S/C23H21N5O4/c1-2-32-18-9-7-17(8-10-18)26-21(29)19-5-3-4-6-20(19)27-22(30)23(31)28-25-15-16-11-13-24-14-12-16/h3-15H,2H2,1H3,(H,26,29)(H,27,30)(H,28,31). The summed E-state index contributed by atoms with van der Waals surface area (Å²) < 4.78 is 5.38. The van der Waals surface area contributed by atoms with Gasteiger partial charge in [-0.3, -0.25) is 19.4 Å². The number of anilines is 2. The fourth-order valence-corrected chi connectivity index (χ4v) is 2.63.